The van der Waals surface area contributed by atoms with Crippen LogP contribution < -0.4 is 4.72 Å². The molecule has 0 radical (unpaired) electrons. The standard InChI is InChI=1S/C18H16FN3O2S/c19-17-7-5-14(6-8-17)13-25(23,24)22-12-16-4-2-10-21-18(16)15-3-1-9-20-11-15/h1-11,22H,12-13H2. The number of rotatable bonds is 6. The minimum absolute atomic E-state index is 0.113. The molecule has 25 heavy (non-hydrogen) atoms. The van der Waals surface area contributed by atoms with Gasteiger partial charge in [0.2, 0.25) is 10.0 Å². The van der Waals surface area contributed by atoms with E-state index in [0.29, 0.717) is 11.3 Å². The van der Waals surface area contributed by atoms with E-state index in [0.717, 1.165) is 11.1 Å². The Balaban J connectivity index is 1.74. The molecule has 1 aromatic carbocycles. The van der Waals surface area contributed by atoms with Crippen LogP contribution in [0.5, 0.6) is 0 Å². The number of nitrogens with zero attached hydrogens (tertiary/aromatic N) is 2. The van der Waals surface area contributed by atoms with Gasteiger partial charge < -0.3 is 0 Å². The number of halogens is 1. The number of sulfonamides is 1. The fourth-order valence-corrected chi connectivity index (χ4v) is 3.49. The maximum absolute atomic E-state index is 12.9. The van der Waals surface area contributed by atoms with E-state index in [2.05, 4.69) is 14.7 Å². The molecule has 0 fully saturated rings. The maximum atomic E-state index is 12.9. The van der Waals surface area contributed by atoms with Crippen LogP contribution in [-0.2, 0) is 22.3 Å². The van der Waals surface area contributed by atoms with Gasteiger partial charge in [0.1, 0.15) is 5.82 Å². The first-order valence-electron chi connectivity index (χ1n) is 7.59. The molecule has 128 valence electrons. The molecule has 0 aliphatic rings. The van der Waals surface area contributed by atoms with E-state index in [1.54, 1.807) is 30.7 Å². The zero-order valence-corrected chi connectivity index (χ0v) is 14.1. The molecule has 0 bridgehead atoms. The van der Waals surface area contributed by atoms with Crippen LogP contribution in [0.15, 0.2) is 67.1 Å². The lowest BCUT2D eigenvalue weighted by Crippen LogP contribution is -2.25. The molecule has 2 aromatic heterocycles. The van der Waals surface area contributed by atoms with Crippen LogP contribution in [0.3, 0.4) is 0 Å². The molecule has 0 aliphatic heterocycles. The van der Waals surface area contributed by atoms with Crippen LogP contribution in [0.2, 0.25) is 0 Å². The minimum atomic E-state index is -3.56. The number of hydrogen-bond acceptors (Lipinski definition) is 4. The zero-order chi connectivity index (χ0) is 17.7. The SMILES string of the molecule is O=S(=O)(Cc1ccc(F)cc1)NCc1cccnc1-c1cccnc1. The van der Waals surface area contributed by atoms with Gasteiger partial charge >= 0.3 is 0 Å². The molecule has 0 aliphatic carbocycles. The molecule has 2 heterocycles. The average molecular weight is 357 g/mol. The van der Waals surface area contributed by atoms with Gasteiger partial charge in [-0.25, -0.2) is 17.5 Å². The van der Waals surface area contributed by atoms with E-state index in [1.165, 1.54) is 24.3 Å². The molecule has 0 saturated carbocycles. The van der Waals surface area contributed by atoms with Crippen molar-refractivity contribution in [1.82, 2.24) is 14.7 Å². The summed E-state index contributed by atoms with van der Waals surface area (Å²) in [5.41, 5.74) is 2.77. The second-order valence-electron chi connectivity index (χ2n) is 5.46. The molecule has 0 amide bonds. The monoisotopic (exact) mass is 357 g/mol. The van der Waals surface area contributed by atoms with Gasteiger partial charge in [0.05, 0.1) is 11.4 Å². The summed E-state index contributed by atoms with van der Waals surface area (Å²) < 4.78 is 40.0. The molecule has 5 nitrogen and oxygen atoms in total. The van der Waals surface area contributed by atoms with Crippen molar-refractivity contribution < 1.29 is 12.8 Å². The molecule has 0 unspecified atom stereocenters. The first-order chi connectivity index (χ1) is 12.0. The van der Waals surface area contributed by atoms with Crippen molar-refractivity contribution >= 4 is 10.0 Å². The van der Waals surface area contributed by atoms with Gasteiger partial charge in [-0.1, -0.05) is 18.2 Å². The van der Waals surface area contributed by atoms with E-state index in [-0.39, 0.29) is 12.3 Å². The van der Waals surface area contributed by atoms with Crippen molar-refractivity contribution in [2.75, 3.05) is 0 Å². The highest BCUT2D eigenvalue weighted by molar-refractivity contribution is 7.88. The van der Waals surface area contributed by atoms with Crippen LogP contribution in [0.4, 0.5) is 4.39 Å². The van der Waals surface area contributed by atoms with Gasteiger partial charge in [-0.15, -0.1) is 0 Å². The van der Waals surface area contributed by atoms with Crippen LogP contribution >= 0.6 is 0 Å². The molecule has 0 saturated heterocycles. The summed E-state index contributed by atoms with van der Waals surface area (Å²) in [5.74, 6) is -0.610. The summed E-state index contributed by atoms with van der Waals surface area (Å²) in [5, 5.41) is 0. The first kappa shape index (κ1) is 17.2. The summed E-state index contributed by atoms with van der Waals surface area (Å²) >= 11 is 0. The zero-order valence-electron chi connectivity index (χ0n) is 13.3. The van der Waals surface area contributed by atoms with Gasteiger partial charge in [0, 0.05) is 30.7 Å². The molecular weight excluding hydrogens is 341 g/mol. The van der Waals surface area contributed by atoms with E-state index >= 15 is 0 Å². The Kier molecular flexibility index (Phi) is 5.16. The molecule has 3 rings (SSSR count). The quantitative estimate of drug-likeness (QED) is 0.736. The van der Waals surface area contributed by atoms with Crippen LogP contribution in [0, 0.1) is 5.82 Å². The topological polar surface area (TPSA) is 72.0 Å². The normalized spacial score (nSPS) is 11.4. The van der Waals surface area contributed by atoms with Crippen molar-refractivity contribution in [1.29, 1.82) is 0 Å². The lowest BCUT2D eigenvalue weighted by Gasteiger charge is -2.10. The van der Waals surface area contributed by atoms with Gasteiger partial charge in [-0.2, -0.15) is 0 Å². The maximum Gasteiger partial charge on any atom is 0.216 e. The number of nitrogens with one attached hydrogen (secondary N) is 1. The van der Waals surface area contributed by atoms with Gasteiger partial charge in [0.15, 0.2) is 0 Å². The Morgan fingerprint density at radius 3 is 2.48 bits per heavy atom. The molecule has 3 aromatic rings. The average Bonchev–Trinajstić information content (AvgIpc) is 2.63. The second kappa shape index (κ2) is 7.50. The van der Waals surface area contributed by atoms with Crippen LogP contribution in [-0.4, -0.2) is 18.4 Å². The number of benzene rings is 1. The highest BCUT2D eigenvalue weighted by atomic mass is 32.2. The number of pyridine rings is 2. The van der Waals surface area contributed by atoms with Crippen molar-refractivity contribution in [3.63, 3.8) is 0 Å². The van der Waals surface area contributed by atoms with Crippen molar-refractivity contribution in [2.24, 2.45) is 0 Å². The van der Waals surface area contributed by atoms with E-state index in [1.807, 2.05) is 12.1 Å². The molecular formula is C18H16FN3O2S. The Bertz CT molecular complexity index is 946. The third-order valence-corrected chi connectivity index (χ3v) is 4.88. The fraction of sp³-hybridized carbons (Fsp3) is 0.111. The summed E-state index contributed by atoms with van der Waals surface area (Å²) in [4.78, 5) is 8.39. The first-order valence-corrected chi connectivity index (χ1v) is 9.25. The summed E-state index contributed by atoms with van der Waals surface area (Å²) in [7, 11) is -3.56. The highest BCUT2D eigenvalue weighted by Gasteiger charge is 2.13. The van der Waals surface area contributed by atoms with Crippen molar-refractivity contribution in [2.45, 2.75) is 12.3 Å². The minimum Gasteiger partial charge on any atom is -0.264 e. The molecule has 0 atom stereocenters. The summed E-state index contributed by atoms with van der Waals surface area (Å²) in [6.07, 6.45) is 5.00. The van der Waals surface area contributed by atoms with Crippen molar-refractivity contribution in [3.8, 4) is 11.3 Å². The smallest absolute Gasteiger partial charge is 0.216 e. The molecule has 1 N–H and O–H groups in total. The Labute approximate surface area is 145 Å². The second-order valence-corrected chi connectivity index (χ2v) is 7.27. The Morgan fingerprint density at radius 1 is 1.00 bits per heavy atom. The largest absolute Gasteiger partial charge is 0.264 e. The van der Waals surface area contributed by atoms with Crippen LogP contribution in [0.25, 0.3) is 11.3 Å². The predicted molar refractivity (Wildman–Crippen MR) is 93.3 cm³/mol. The third kappa shape index (κ3) is 4.68. The number of aromatic nitrogens is 2. The van der Waals surface area contributed by atoms with E-state index in [4.69, 9.17) is 0 Å². The fourth-order valence-electron chi connectivity index (χ4n) is 2.38. The summed E-state index contributed by atoms with van der Waals surface area (Å²) in [6.45, 7) is 0.113. The van der Waals surface area contributed by atoms with Gasteiger partial charge in [-0.3, -0.25) is 9.97 Å². The Morgan fingerprint density at radius 2 is 1.76 bits per heavy atom. The Hall–Kier alpha value is -2.64. The predicted octanol–water partition coefficient (Wildman–Crippen LogP) is 2.90. The molecule has 7 heteroatoms. The lowest BCUT2D eigenvalue weighted by atomic mass is 10.1. The van der Waals surface area contributed by atoms with E-state index in [9.17, 15) is 12.8 Å². The highest BCUT2D eigenvalue weighted by Crippen LogP contribution is 2.20. The van der Waals surface area contributed by atoms with E-state index < -0.39 is 15.8 Å². The molecule has 0 spiro atoms. The van der Waals surface area contributed by atoms with Gasteiger partial charge in [-0.05, 0) is 41.5 Å². The lowest BCUT2D eigenvalue weighted by molar-refractivity contribution is 0.580. The van der Waals surface area contributed by atoms with Gasteiger partial charge in [0.25, 0.3) is 0 Å². The summed E-state index contributed by atoms with van der Waals surface area (Å²) in [6, 6.07) is 12.6. The van der Waals surface area contributed by atoms with Crippen molar-refractivity contribution in [3.05, 3.63) is 84.1 Å². The number of hydrogen-bond donors (Lipinski definition) is 1. The third-order valence-electron chi connectivity index (χ3n) is 3.58. The van der Waals surface area contributed by atoms with Crippen LogP contribution in [0.1, 0.15) is 11.1 Å².